The minimum absolute atomic E-state index is 0.0433. The van der Waals surface area contributed by atoms with Crippen LogP contribution in [0.2, 0.25) is 0 Å². The quantitative estimate of drug-likeness (QED) is 0.805. The number of amides is 1. The Balaban J connectivity index is 3.23. The number of nitrogens with one attached hydrogen (secondary N) is 1. The standard InChI is InChI=1S/C10H12BrNO/c1-6-4-7(2)9(11)5-8(6)10(13)12-3/h4-5H,1-3H3,(H,12,13). The predicted molar refractivity (Wildman–Crippen MR) is 57.0 cm³/mol. The molecule has 0 heterocycles. The zero-order valence-corrected chi connectivity index (χ0v) is 9.53. The van der Waals surface area contributed by atoms with Gasteiger partial charge in [-0.15, -0.1) is 0 Å². The molecule has 1 aromatic rings. The van der Waals surface area contributed by atoms with E-state index >= 15 is 0 Å². The monoisotopic (exact) mass is 241 g/mol. The maximum atomic E-state index is 11.4. The molecule has 3 heteroatoms. The summed E-state index contributed by atoms with van der Waals surface area (Å²) < 4.78 is 0.969. The summed E-state index contributed by atoms with van der Waals surface area (Å²) >= 11 is 3.40. The molecule has 0 saturated heterocycles. The van der Waals surface area contributed by atoms with Crippen LogP contribution in [-0.4, -0.2) is 13.0 Å². The smallest absolute Gasteiger partial charge is 0.251 e. The first-order valence-electron chi connectivity index (χ1n) is 4.05. The summed E-state index contributed by atoms with van der Waals surface area (Å²) in [5.74, 6) is -0.0433. The van der Waals surface area contributed by atoms with E-state index in [9.17, 15) is 4.79 Å². The van der Waals surface area contributed by atoms with Crippen LogP contribution >= 0.6 is 15.9 Å². The summed E-state index contributed by atoms with van der Waals surface area (Å²) in [6.07, 6.45) is 0. The molecule has 0 aliphatic carbocycles. The molecule has 0 fully saturated rings. The summed E-state index contributed by atoms with van der Waals surface area (Å²) in [5, 5.41) is 2.61. The van der Waals surface area contributed by atoms with E-state index < -0.39 is 0 Å². The molecule has 13 heavy (non-hydrogen) atoms. The minimum Gasteiger partial charge on any atom is -0.355 e. The molecule has 0 aliphatic heterocycles. The van der Waals surface area contributed by atoms with E-state index in [1.807, 2.05) is 26.0 Å². The van der Waals surface area contributed by atoms with Crippen LogP contribution in [0.3, 0.4) is 0 Å². The van der Waals surface area contributed by atoms with Gasteiger partial charge in [0.2, 0.25) is 0 Å². The number of hydrogen-bond acceptors (Lipinski definition) is 1. The van der Waals surface area contributed by atoms with Crippen LogP contribution in [0.5, 0.6) is 0 Å². The lowest BCUT2D eigenvalue weighted by Crippen LogP contribution is -2.19. The number of rotatable bonds is 1. The van der Waals surface area contributed by atoms with E-state index in [0.717, 1.165) is 21.2 Å². The number of carbonyl (C=O) groups excluding carboxylic acids is 1. The van der Waals surface area contributed by atoms with Crippen molar-refractivity contribution in [2.24, 2.45) is 0 Å². The zero-order valence-electron chi connectivity index (χ0n) is 7.94. The molecule has 70 valence electrons. The van der Waals surface area contributed by atoms with E-state index in [2.05, 4.69) is 21.2 Å². The Morgan fingerprint density at radius 3 is 2.46 bits per heavy atom. The van der Waals surface area contributed by atoms with E-state index in [1.165, 1.54) is 0 Å². The summed E-state index contributed by atoms with van der Waals surface area (Å²) in [4.78, 5) is 11.4. The van der Waals surface area contributed by atoms with E-state index in [-0.39, 0.29) is 5.91 Å². The van der Waals surface area contributed by atoms with Crippen LogP contribution in [0.25, 0.3) is 0 Å². The van der Waals surface area contributed by atoms with Crippen LogP contribution in [0, 0.1) is 13.8 Å². The normalized spacial score (nSPS) is 9.85. The maximum absolute atomic E-state index is 11.4. The summed E-state index contributed by atoms with van der Waals surface area (Å²) in [7, 11) is 1.63. The third-order valence-corrected chi connectivity index (χ3v) is 2.83. The molecule has 1 amide bonds. The van der Waals surface area contributed by atoms with Crippen molar-refractivity contribution in [2.45, 2.75) is 13.8 Å². The van der Waals surface area contributed by atoms with Gasteiger partial charge in [0, 0.05) is 17.1 Å². The first-order chi connectivity index (χ1) is 6.06. The van der Waals surface area contributed by atoms with Crippen LogP contribution < -0.4 is 5.32 Å². The molecular weight excluding hydrogens is 230 g/mol. The van der Waals surface area contributed by atoms with Crippen molar-refractivity contribution >= 4 is 21.8 Å². The molecule has 0 bridgehead atoms. The second-order valence-corrected chi connectivity index (χ2v) is 3.85. The molecule has 1 rings (SSSR count). The van der Waals surface area contributed by atoms with E-state index in [4.69, 9.17) is 0 Å². The van der Waals surface area contributed by atoms with Gasteiger partial charge in [0.1, 0.15) is 0 Å². The molecule has 1 aromatic carbocycles. The van der Waals surface area contributed by atoms with Gasteiger partial charge in [0.25, 0.3) is 5.91 Å². The Bertz CT molecular complexity index is 347. The number of halogens is 1. The molecular formula is C10H12BrNO. The van der Waals surface area contributed by atoms with Crippen molar-refractivity contribution in [1.82, 2.24) is 5.32 Å². The second-order valence-electron chi connectivity index (χ2n) is 3.00. The molecule has 0 aromatic heterocycles. The Morgan fingerprint density at radius 1 is 1.31 bits per heavy atom. The fourth-order valence-corrected chi connectivity index (χ4v) is 1.55. The highest BCUT2D eigenvalue weighted by Gasteiger charge is 2.08. The van der Waals surface area contributed by atoms with Crippen molar-refractivity contribution in [3.8, 4) is 0 Å². The largest absolute Gasteiger partial charge is 0.355 e. The highest BCUT2D eigenvalue weighted by molar-refractivity contribution is 9.10. The Labute approximate surface area is 86.5 Å². The van der Waals surface area contributed by atoms with Crippen molar-refractivity contribution in [3.05, 3.63) is 33.3 Å². The van der Waals surface area contributed by atoms with Gasteiger partial charge in [-0.25, -0.2) is 0 Å². The Kier molecular flexibility index (Phi) is 3.09. The zero-order chi connectivity index (χ0) is 10.0. The first kappa shape index (κ1) is 10.3. The molecule has 2 nitrogen and oxygen atoms in total. The van der Waals surface area contributed by atoms with Crippen LogP contribution in [-0.2, 0) is 0 Å². The summed E-state index contributed by atoms with van der Waals surface area (Å²) in [6.45, 7) is 3.94. The molecule has 0 radical (unpaired) electrons. The van der Waals surface area contributed by atoms with Crippen molar-refractivity contribution in [3.63, 3.8) is 0 Å². The Morgan fingerprint density at radius 2 is 1.92 bits per heavy atom. The summed E-state index contributed by atoms with van der Waals surface area (Å²) in [6, 6.07) is 3.85. The molecule has 0 spiro atoms. The van der Waals surface area contributed by atoms with Crippen LogP contribution in [0.4, 0.5) is 0 Å². The van der Waals surface area contributed by atoms with Crippen molar-refractivity contribution < 1.29 is 4.79 Å². The number of hydrogen-bond donors (Lipinski definition) is 1. The molecule has 0 saturated carbocycles. The lowest BCUT2D eigenvalue weighted by atomic mass is 10.1. The summed E-state index contributed by atoms with van der Waals surface area (Å²) in [5.41, 5.74) is 2.87. The SMILES string of the molecule is CNC(=O)c1cc(Br)c(C)cc1C. The molecule has 0 unspecified atom stereocenters. The number of carbonyl (C=O) groups is 1. The lowest BCUT2D eigenvalue weighted by molar-refractivity contribution is 0.0962. The van der Waals surface area contributed by atoms with Gasteiger partial charge in [-0.05, 0) is 31.0 Å². The predicted octanol–water partition coefficient (Wildman–Crippen LogP) is 2.43. The van der Waals surface area contributed by atoms with Gasteiger partial charge < -0.3 is 5.32 Å². The Hall–Kier alpha value is -0.830. The average molecular weight is 242 g/mol. The topological polar surface area (TPSA) is 29.1 Å². The van der Waals surface area contributed by atoms with Gasteiger partial charge >= 0.3 is 0 Å². The third kappa shape index (κ3) is 2.10. The fourth-order valence-electron chi connectivity index (χ4n) is 1.21. The molecule has 1 N–H and O–H groups in total. The van der Waals surface area contributed by atoms with Crippen molar-refractivity contribution in [1.29, 1.82) is 0 Å². The third-order valence-electron chi connectivity index (χ3n) is 1.98. The van der Waals surface area contributed by atoms with Gasteiger partial charge in [-0.2, -0.15) is 0 Å². The van der Waals surface area contributed by atoms with Crippen LogP contribution in [0.1, 0.15) is 21.5 Å². The number of aryl methyl sites for hydroxylation is 2. The first-order valence-corrected chi connectivity index (χ1v) is 4.84. The highest BCUT2D eigenvalue weighted by atomic mass is 79.9. The lowest BCUT2D eigenvalue weighted by Gasteiger charge is -2.06. The molecule has 0 aliphatic rings. The van der Waals surface area contributed by atoms with E-state index in [1.54, 1.807) is 7.05 Å². The number of benzene rings is 1. The van der Waals surface area contributed by atoms with Gasteiger partial charge in [-0.3, -0.25) is 4.79 Å². The maximum Gasteiger partial charge on any atom is 0.251 e. The second kappa shape index (κ2) is 3.92. The minimum atomic E-state index is -0.0433. The average Bonchev–Trinajstić information content (AvgIpc) is 2.10. The van der Waals surface area contributed by atoms with Crippen LogP contribution in [0.15, 0.2) is 16.6 Å². The van der Waals surface area contributed by atoms with Gasteiger partial charge in [-0.1, -0.05) is 22.0 Å². The fraction of sp³-hybridized carbons (Fsp3) is 0.300. The molecule has 0 atom stereocenters. The van der Waals surface area contributed by atoms with Crippen molar-refractivity contribution in [2.75, 3.05) is 7.05 Å². The van der Waals surface area contributed by atoms with E-state index in [0.29, 0.717) is 0 Å². The van der Waals surface area contributed by atoms with Gasteiger partial charge in [0.05, 0.1) is 0 Å². The van der Waals surface area contributed by atoms with Gasteiger partial charge in [0.15, 0.2) is 0 Å². The highest BCUT2D eigenvalue weighted by Crippen LogP contribution is 2.20.